The summed E-state index contributed by atoms with van der Waals surface area (Å²) in [6.07, 6.45) is 4.17. The van der Waals surface area contributed by atoms with Crippen LogP contribution in [0.4, 0.5) is 4.39 Å². The predicted molar refractivity (Wildman–Crippen MR) is 142 cm³/mol. The minimum Gasteiger partial charge on any atom is -0.506 e. The van der Waals surface area contributed by atoms with Crippen LogP contribution in [0.15, 0.2) is 73.1 Å². The number of ether oxygens (including phenoxy) is 1. The third-order valence-electron chi connectivity index (χ3n) is 6.84. The van der Waals surface area contributed by atoms with Crippen LogP contribution < -0.4 is 10.1 Å². The van der Waals surface area contributed by atoms with Crippen molar-refractivity contribution in [2.75, 3.05) is 6.61 Å². The maximum atomic E-state index is 15.0. The van der Waals surface area contributed by atoms with Gasteiger partial charge in [-0.1, -0.05) is 24.3 Å². The minimum absolute atomic E-state index is 0.0403. The van der Waals surface area contributed by atoms with Gasteiger partial charge >= 0.3 is 0 Å². The van der Waals surface area contributed by atoms with Crippen LogP contribution in [0, 0.1) is 5.82 Å². The number of carbonyl (C=O) groups is 1. The van der Waals surface area contributed by atoms with Crippen molar-refractivity contribution in [3.8, 4) is 28.7 Å². The van der Waals surface area contributed by atoms with E-state index in [0.717, 1.165) is 0 Å². The van der Waals surface area contributed by atoms with E-state index in [1.165, 1.54) is 12.3 Å². The molecule has 0 spiro atoms. The largest absolute Gasteiger partial charge is 0.506 e. The average Bonchev–Trinajstić information content (AvgIpc) is 3.35. The monoisotopic (exact) mass is 524 g/mol. The zero-order valence-electron chi connectivity index (χ0n) is 21.1. The number of rotatable bonds is 7. The lowest BCUT2D eigenvalue weighted by Gasteiger charge is -2.35. The smallest absolute Gasteiger partial charge is 0.253 e. The summed E-state index contributed by atoms with van der Waals surface area (Å²) in [6, 6.07) is 16.8. The molecular weight excluding hydrogens is 499 g/mol. The number of pyridine rings is 2. The number of aromatic hydroxyl groups is 1. The maximum Gasteiger partial charge on any atom is 0.253 e. The van der Waals surface area contributed by atoms with Gasteiger partial charge in [-0.25, -0.2) is 9.37 Å². The van der Waals surface area contributed by atoms with E-state index in [-0.39, 0.29) is 23.6 Å². The number of amides is 1. The fourth-order valence-electron chi connectivity index (χ4n) is 4.90. The number of nitrogens with zero attached hydrogens (tertiary/aromatic N) is 5. The summed E-state index contributed by atoms with van der Waals surface area (Å²) < 4.78 is 22.2. The molecule has 0 saturated heterocycles. The molecule has 0 unspecified atom stereocenters. The lowest BCUT2D eigenvalue weighted by atomic mass is 9.79. The number of hydrogen-bond acceptors (Lipinski definition) is 7. The van der Waals surface area contributed by atoms with Gasteiger partial charge in [0.2, 0.25) is 0 Å². The molecule has 6 rings (SSSR count). The van der Waals surface area contributed by atoms with Gasteiger partial charge in [-0.2, -0.15) is 0 Å². The molecule has 0 atom stereocenters. The highest BCUT2D eigenvalue weighted by atomic mass is 19.1. The highest BCUT2D eigenvalue weighted by Gasteiger charge is 2.36. The van der Waals surface area contributed by atoms with Gasteiger partial charge in [0.05, 0.1) is 35.8 Å². The van der Waals surface area contributed by atoms with E-state index < -0.39 is 5.82 Å². The van der Waals surface area contributed by atoms with Crippen LogP contribution in [0.2, 0.25) is 0 Å². The Hall–Kier alpha value is -4.86. The zero-order valence-corrected chi connectivity index (χ0v) is 21.1. The molecule has 9 nitrogen and oxygen atoms in total. The van der Waals surface area contributed by atoms with E-state index >= 15 is 0 Å². The molecule has 1 amide bonds. The fraction of sp³-hybridized carbons (Fsp3) is 0.207. The second-order valence-corrected chi connectivity index (χ2v) is 9.39. The van der Waals surface area contributed by atoms with E-state index in [9.17, 15) is 14.3 Å². The van der Waals surface area contributed by atoms with Gasteiger partial charge in [0.15, 0.2) is 5.82 Å². The number of benzene rings is 2. The summed E-state index contributed by atoms with van der Waals surface area (Å²) in [5.41, 5.74) is 1.84. The molecular formula is C29H25FN6O3. The molecule has 0 bridgehead atoms. The van der Waals surface area contributed by atoms with E-state index in [2.05, 4.69) is 25.5 Å². The lowest BCUT2D eigenvalue weighted by molar-refractivity contribution is 0.0908. The first-order valence-corrected chi connectivity index (χ1v) is 12.7. The number of fused-ring (bicyclic) bond motifs is 1. The summed E-state index contributed by atoms with van der Waals surface area (Å²) in [5, 5.41) is 22.3. The predicted octanol–water partition coefficient (Wildman–Crippen LogP) is 4.80. The molecule has 1 saturated carbocycles. The number of nitrogens with one attached hydrogen (secondary N) is 1. The molecule has 1 aliphatic rings. The molecule has 1 fully saturated rings. The Morgan fingerprint density at radius 3 is 2.69 bits per heavy atom. The van der Waals surface area contributed by atoms with E-state index in [1.807, 2.05) is 6.92 Å². The highest BCUT2D eigenvalue weighted by Crippen LogP contribution is 2.39. The topological polar surface area (TPSA) is 115 Å². The molecule has 2 N–H and O–H groups in total. The van der Waals surface area contributed by atoms with Crippen molar-refractivity contribution in [2.24, 2.45) is 0 Å². The van der Waals surface area contributed by atoms with Gasteiger partial charge in [-0.05, 0) is 56.2 Å². The number of para-hydroxylation sites is 2. The first-order valence-electron chi connectivity index (χ1n) is 12.7. The van der Waals surface area contributed by atoms with Crippen molar-refractivity contribution < 1.29 is 19.0 Å². The van der Waals surface area contributed by atoms with Gasteiger partial charge in [-0.3, -0.25) is 14.3 Å². The molecule has 1 aliphatic carbocycles. The Bertz CT molecular complexity index is 1660. The molecule has 3 aromatic heterocycles. The van der Waals surface area contributed by atoms with Crippen molar-refractivity contribution in [2.45, 2.75) is 31.7 Å². The van der Waals surface area contributed by atoms with Crippen molar-refractivity contribution in [3.05, 3.63) is 90.3 Å². The normalized spacial score (nSPS) is 16.6. The molecule has 0 aliphatic heterocycles. The first kappa shape index (κ1) is 24.5. The van der Waals surface area contributed by atoms with Crippen molar-refractivity contribution in [3.63, 3.8) is 0 Å². The lowest BCUT2D eigenvalue weighted by Crippen LogP contribution is -2.44. The van der Waals surface area contributed by atoms with Crippen LogP contribution in [0.3, 0.4) is 0 Å². The molecule has 5 aromatic rings. The quantitative estimate of drug-likeness (QED) is 0.314. The first-order chi connectivity index (χ1) is 19.0. The van der Waals surface area contributed by atoms with Crippen LogP contribution >= 0.6 is 0 Å². The van der Waals surface area contributed by atoms with Crippen LogP contribution in [0.1, 0.15) is 41.9 Å². The van der Waals surface area contributed by atoms with Crippen LogP contribution in [-0.4, -0.2) is 48.4 Å². The van der Waals surface area contributed by atoms with E-state index in [4.69, 9.17) is 4.74 Å². The molecule has 196 valence electrons. The van der Waals surface area contributed by atoms with Crippen LogP contribution in [-0.2, 0) is 0 Å². The van der Waals surface area contributed by atoms with Gasteiger partial charge in [0.1, 0.15) is 28.8 Å². The number of aromatic nitrogens is 5. The molecule has 39 heavy (non-hydrogen) atoms. The fourth-order valence-corrected chi connectivity index (χ4v) is 4.90. The van der Waals surface area contributed by atoms with Crippen molar-refractivity contribution in [1.29, 1.82) is 0 Å². The Morgan fingerprint density at radius 1 is 1.08 bits per heavy atom. The third-order valence-corrected chi connectivity index (χ3v) is 6.84. The maximum absolute atomic E-state index is 15.0. The highest BCUT2D eigenvalue weighted by molar-refractivity contribution is 6.05. The summed E-state index contributed by atoms with van der Waals surface area (Å²) in [4.78, 5) is 21.8. The summed E-state index contributed by atoms with van der Waals surface area (Å²) >= 11 is 0. The second kappa shape index (κ2) is 10.1. The number of carbonyl (C=O) groups excluding carboxylic acids is 1. The molecule has 2 aromatic carbocycles. The Labute approximate surface area is 223 Å². The Morgan fingerprint density at radius 2 is 1.92 bits per heavy atom. The van der Waals surface area contributed by atoms with Gasteiger partial charge < -0.3 is 15.2 Å². The van der Waals surface area contributed by atoms with Gasteiger partial charge in [0, 0.05) is 17.3 Å². The summed E-state index contributed by atoms with van der Waals surface area (Å²) in [6.45, 7) is 2.42. The van der Waals surface area contributed by atoms with E-state index in [1.54, 1.807) is 65.4 Å². The van der Waals surface area contributed by atoms with Gasteiger partial charge in [-0.15, -0.1) is 10.2 Å². The third kappa shape index (κ3) is 4.65. The standard InChI is InChI=1S/C29H25FN6O3/c1-2-39-21-10-11-24(31-16-21)28-35-34-27(36(28)25-9-4-3-8-23(25)30)18-12-19(13-18)33-29(38)22-7-5-6-17-14-20(37)15-32-26(17)22/h3-11,14-16,18-19,37H,2,12-13H2,1H3,(H,33,38)/t18-,19-. The average molecular weight is 525 g/mol. The molecule has 10 heteroatoms. The Balaban J connectivity index is 1.25. The van der Waals surface area contributed by atoms with Crippen molar-refractivity contribution in [1.82, 2.24) is 30.0 Å². The zero-order chi connectivity index (χ0) is 26.9. The minimum atomic E-state index is -0.399. The SMILES string of the molecule is CCOc1ccc(-c2nnc([C@H]3C[C@H](NC(=O)c4cccc5cc(O)cnc45)C3)n2-c2ccccc2F)nc1. The van der Waals surface area contributed by atoms with Gasteiger partial charge in [0.25, 0.3) is 5.91 Å². The second-order valence-electron chi connectivity index (χ2n) is 9.39. The summed E-state index contributed by atoms with van der Waals surface area (Å²) in [5.74, 6) is 1.03. The number of hydrogen-bond donors (Lipinski definition) is 2. The molecule has 3 heterocycles. The number of halogens is 1. The van der Waals surface area contributed by atoms with E-state index in [0.29, 0.717) is 64.7 Å². The van der Waals surface area contributed by atoms with Crippen LogP contribution in [0.25, 0.3) is 28.1 Å². The summed E-state index contributed by atoms with van der Waals surface area (Å²) in [7, 11) is 0. The Kier molecular flexibility index (Phi) is 6.36. The molecule has 0 radical (unpaired) electrons. The van der Waals surface area contributed by atoms with Crippen molar-refractivity contribution >= 4 is 16.8 Å². The van der Waals surface area contributed by atoms with Crippen LogP contribution in [0.5, 0.6) is 11.5 Å².